The molecule has 1 heterocycles. The third-order valence-electron chi connectivity index (χ3n) is 3.12. The van der Waals surface area contributed by atoms with Gasteiger partial charge in [-0.3, -0.25) is 10.5 Å². The third-order valence-corrected chi connectivity index (χ3v) is 3.12. The topological polar surface area (TPSA) is 62.4 Å². The van der Waals surface area contributed by atoms with Crippen molar-refractivity contribution in [2.45, 2.75) is 27.4 Å². The number of carbonyl (C=O) groups is 1. The minimum absolute atomic E-state index is 0.0944. The van der Waals surface area contributed by atoms with Gasteiger partial charge >= 0.3 is 6.09 Å². The Bertz CT molecular complexity index is 645. The van der Waals surface area contributed by atoms with Crippen LogP contribution >= 0.6 is 0 Å². The summed E-state index contributed by atoms with van der Waals surface area (Å²) < 4.78 is 6.07. The first-order chi connectivity index (χ1) is 9.95. The minimum Gasteiger partial charge on any atom is -0.444 e. The van der Waals surface area contributed by atoms with Gasteiger partial charge in [0.2, 0.25) is 12.4 Å². The average Bonchev–Trinajstić information content (AvgIpc) is 2.40. The number of benzene rings is 1. The van der Waals surface area contributed by atoms with E-state index in [0.29, 0.717) is 5.56 Å². The maximum absolute atomic E-state index is 11.9. The number of carbonyl (C=O) groups excluding carboxylic acids is 1. The zero-order valence-corrected chi connectivity index (χ0v) is 12.4. The molecular weight excluding hydrogens is 268 g/mol. The second-order valence-electron chi connectivity index (χ2n) is 5.07. The first kappa shape index (κ1) is 14.8. The van der Waals surface area contributed by atoms with Crippen LogP contribution in [0.1, 0.15) is 22.3 Å². The lowest BCUT2D eigenvalue weighted by Crippen LogP contribution is -2.29. The van der Waals surface area contributed by atoms with E-state index >= 15 is 0 Å². The SMILES string of the molecule is Cc1cc(C)c(NC(=O)OCc2ccc[n+](O)c2)c(C)c1. The lowest BCUT2D eigenvalue weighted by Gasteiger charge is -2.12. The Morgan fingerprint density at radius 3 is 2.57 bits per heavy atom. The Morgan fingerprint density at radius 2 is 1.95 bits per heavy atom. The molecule has 0 saturated heterocycles. The van der Waals surface area contributed by atoms with E-state index in [0.717, 1.165) is 27.1 Å². The first-order valence-corrected chi connectivity index (χ1v) is 6.67. The van der Waals surface area contributed by atoms with E-state index in [4.69, 9.17) is 4.74 Å². The highest BCUT2D eigenvalue weighted by atomic mass is 16.5. The van der Waals surface area contributed by atoms with E-state index in [-0.39, 0.29) is 6.61 Å². The minimum atomic E-state index is -0.515. The summed E-state index contributed by atoms with van der Waals surface area (Å²) in [6.07, 6.45) is 2.46. The summed E-state index contributed by atoms with van der Waals surface area (Å²) >= 11 is 0. The molecule has 0 atom stereocenters. The van der Waals surface area contributed by atoms with Gasteiger partial charge in [0.1, 0.15) is 6.61 Å². The molecule has 1 aromatic heterocycles. The normalized spacial score (nSPS) is 10.2. The van der Waals surface area contributed by atoms with Crippen molar-refractivity contribution in [1.82, 2.24) is 0 Å². The van der Waals surface area contributed by atoms with E-state index in [1.54, 1.807) is 12.1 Å². The summed E-state index contributed by atoms with van der Waals surface area (Å²) in [5.41, 5.74) is 4.62. The van der Waals surface area contributed by atoms with Gasteiger partial charge in [-0.15, -0.1) is 0 Å². The van der Waals surface area contributed by atoms with E-state index < -0.39 is 6.09 Å². The van der Waals surface area contributed by atoms with Gasteiger partial charge in [0, 0.05) is 16.5 Å². The van der Waals surface area contributed by atoms with Gasteiger partial charge in [0.05, 0.1) is 5.56 Å². The number of aryl methyl sites for hydroxylation is 3. The van der Waals surface area contributed by atoms with E-state index in [2.05, 4.69) is 5.32 Å². The van der Waals surface area contributed by atoms with Gasteiger partial charge in [-0.25, -0.2) is 4.79 Å². The number of rotatable bonds is 3. The number of ether oxygens (including phenoxy) is 1. The number of hydrogen-bond donors (Lipinski definition) is 2. The van der Waals surface area contributed by atoms with Gasteiger partial charge < -0.3 is 4.74 Å². The van der Waals surface area contributed by atoms with Crippen LogP contribution in [0.2, 0.25) is 0 Å². The number of nitrogens with one attached hydrogen (secondary N) is 1. The summed E-state index contributed by atoms with van der Waals surface area (Å²) in [4.78, 5) is 11.9. The van der Waals surface area contributed by atoms with Crippen LogP contribution in [0.5, 0.6) is 0 Å². The molecule has 0 aliphatic rings. The van der Waals surface area contributed by atoms with Crippen molar-refractivity contribution >= 4 is 11.8 Å². The van der Waals surface area contributed by atoms with E-state index in [1.807, 2.05) is 32.9 Å². The maximum atomic E-state index is 11.9. The van der Waals surface area contributed by atoms with Crippen LogP contribution in [-0.2, 0) is 11.3 Å². The second kappa shape index (κ2) is 6.26. The molecule has 5 nitrogen and oxygen atoms in total. The fourth-order valence-corrected chi connectivity index (χ4v) is 2.26. The van der Waals surface area contributed by atoms with Crippen LogP contribution in [0.3, 0.4) is 0 Å². The molecule has 1 aromatic carbocycles. The highest BCUT2D eigenvalue weighted by Gasteiger charge is 2.10. The van der Waals surface area contributed by atoms with Gasteiger partial charge in [-0.2, -0.15) is 0 Å². The molecule has 21 heavy (non-hydrogen) atoms. The molecule has 1 amide bonds. The summed E-state index contributed by atoms with van der Waals surface area (Å²) in [5.74, 6) is 0. The van der Waals surface area contributed by atoms with Crippen LogP contribution in [0, 0.1) is 20.8 Å². The number of aromatic nitrogens is 1. The average molecular weight is 287 g/mol. The van der Waals surface area contributed by atoms with Gasteiger partial charge in [0.25, 0.3) is 0 Å². The molecule has 2 rings (SSSR count). The predicted octanol–water partition coefficient (Wildman–Crippen LogP) is 2.89. The fourth-order valence-electron chi connectivity index (χ4n) is 2.26. The number of hydrogen-bond acceptors (Lipinski definition) is 3. The molecule has 0 unspecified atom stereocenters. The van der Waals surface area contributed by atoms with E-state index in [1.165, 1.54) is 12.4 Å². The summed E-state index contributed by atoms with van der Waals surface area (Å²) in [6.45, 7) is 6.00. The number of pyridine rings is 1. The Morgan fingerprint density at radius 1 is 1.29 bits per heavy atom. The molecule has 5 heteroatoms. The van der Waals surface area contributed by atoms with Gasteiger partial charge in [0.15, 0.2) is 0 Å². The van der Waals surface area contributed by atoms with Crippen molar-refractivity contribution in [3.63, 3.8) is 0 Å². The Labute approximate surface area is 123 Å². The third kappa shape index (κ3) is 3.95. The molecule has 0 radical (unpaired) electrons. The molecule has 2 aromatic rings. The smallest absolute Gasteiger partial charge is 0.411 e. The molecule has 0 aliphatic carbocycles. The van der Waals surface area contributed by atoms with Crippen LogP contribution in [-0.4, -0.2) is 11.3 Å². The number of amides is 1. The molecule has 0 saturated carbocycles. The lowest BCUT2D eigenvalue weighted by atomic mass is 10.1. The lowest BCUT2D eigenvalue weighted by molar-refractivity contribution is -0.905. The molecular formula is C16H19N2O3+. The van der Waals surface area contributed by atoms with Crippen molar-refractivity contribution in [2.75, 3.05) is 5.32 Å². The van der Waals surface area contributed by atoms with Gasteiger partial charge in [-0.1, -0.05) is 17.7 Å². The standard InChI is InChI=1S/C16H18N2O3/c1-11-7-12(2)15(13(3)8-11)17-16(19)21-10-14-5-4-6-18(20)9-14/h4-9H,10H2,1-3H3,(H-,17,19,20)/p+1. The van der Waals surface area contributed by atoms with Crippen molar-refractivity contribution in [3.8, 4) is 0 Å². The molecule has 0 bridgehead atoms. The molecule has 2 N–H and O–H groups in total. The first-order valence-electron chi connectivity index (χ1n) is 6.67. The van der Waals surface area contributed by atoms with Crippen molar-refractivity contribution in [2.24, 2.45) is 0 Å². The Kier molecular flexibility index (Phi) is 4.42. The monoisotopic (exact) mass is 287 g/mol. The van der Waals surface area contributed by atoms with Crippen LogP contribution < -0.4 is 10.0 Å². The van der Waals surface area contributed by atoms with Crippen molar-refractivity contribution in [3.05, 3.63) is 58.9 Å². The maximum Gasteiger partial charge on any atom is 0.411 e. The molecule has 0 aliphatic heterocycles. The van der Waals surface area contributed by atoms with Crippen LogP contribution in [0.25, 0.3) is 0 Å². The number of nitrogens with zero attached hydrogens (tertiary/aromatic N) is 1. The summed E-state index contributed by atoms with van der Waals surface area (Å²) in [5, 5.41) is 12.0. The zero-order chi connectivity index (χ0) is 15.4. The highest BCUT2D eigenvalue weighted by Crippen LogP contribution is 2.22. The quantitative estimate of drug-likeness (QED) is 0.674. The second-order valence-corrected chi connectivity index (χ2v) is 5.07. The molecule has 0 fully saturated rings. The largest absolute Gasteiger partial charge is 0.444 e. The highest BCUT2D eigenvalue weighted by molar-refractivity contribution is 5.86. The van der Waals surface area contributed by atoms with Crippen LogP contribution in [0.4, 0.5) is 10.5 Å². The fraction of sp³-hybridized carbons (Fsp3) is 0.250. The number of anilines is 1. The Balaban J connectivity index is 1.99. The zero-order valence-electron chi connectivity index (χ0n) is 12.4. The Hall–Kier alpha value is -2.56. The molecule has 0 spiro atoms. The van der Waals surface area contributed by atoms with Gasteiger partial charge in [-0.05, 0) is 38.0 Å². The van der Waals surface area contributed by atoms with Crippen LogP contribution in [0.15, 0.2) is 36.7 Å². The molecule has 110 valence electrons. The van der Waals surface area contributed by atoms with Crippen molar-refractivity contribution < 1.29 is 19.5 Å². The summed E-state index contributed by atoms with van der Waals surface area (Å²) in [7, 11) is 0. The van der Waals surface area contributed by atoms with Crippen molar-refractivity contribution in [1.29, 1.82) is 0 Å². The van der Waals surface area contributed by atoms with E-state index in [9.17, 15) is 10.0 Å². The summed E-state index contributed by atoms with van der Waals surface area (Å²) in [6, 6.07) is 7.45. The predicted molar refractivity (Wildman–Crippen MR) is 78.3 cm³/mol.